The molecule has 2 fully saturated rings. The first-order chi connectivity index (χ1) is 11.0. The van der Waals surface area contributed by atoms with Gasteiger partial charge in [-0.15, -0.1) is 0 Å². The molecule has 1 saturated heterocycles. The highest BCUT2D eigenvalue weighted by atomic mass is 16.2. The van der Waals surface area contributed by atoms with E-state index in [9.17, 15) is 9.59 Å². The Morgan fingerprint density at radius 2 is 1.48 bits per heavy atom. The number of carbonyl (C=O) groups is 2. The zero-order chi connectivity index (χ0) is 16.6. The molecule has 0 N–H and O–H groups in total. The first-order valence-electron chi connectivity index (χ1n) is 8.59. The summed E-state index contributed by atoms with van der Waals surface area (Å²) >= 11 is 0. The van der Waals surface area contributed by atoms with Gasteiger partial charge in [0.05, 0.1) is 6.42 Å². The van der Waals surface area contributed by atoms with Crippen molar-refractivity contribution in [1.29, 1.82) is 0 Å². The van der Waals surface area contributed by atoms with E-state index in [1.54, 1.807) is 0 Å². The first kappa shape index (κ1) is 16.0. The van der Waals surface area contributed by atoms with Crippen LogP contribution in [0.15, 0.2) is 12.1 Å². The second-order valence-corrected chi connectivity index (χ2v) is 7.02. The van der Waals surface area contributed by atoms with Crippen LogP contribution in [0.1, 0.15) is 35.1 Å². The highest BCUT2D eigenvalue weighted by molar-refractivity contribution is 5.82. The minimum atomic E-state index is 0.176. The van der Waals surface area contributed by atoms with Crippen molar-refractivity contribution in [2.75, 3.05) is 26.2 Å². The molecule has 1 aromatic rings. The van der Waals surface area contributed by atoms with Gasteiger partial charge in [0.2, 0.25) is 11.8 Å². The Hall–Kier alpha value is -1.84. The highest BCUT2D eigenvalue weighted by Crippen LogP contribution is 2.31. The summed E-state index contributed by atoms with van der Waals surface area (Å²) in [7, 11) is 0. The molecule has 124 valence electrons. The lowest BCUT2D eigenvalue weighted by Gasteiger charge is -2.35. The van der Waals surface area contributed by atoms with Gasteiger partial charge >= 0.3 is 0 Å². The molecule has 4 heteroatoms. The summed E-state index contributed by atoms with van der Waals surface area (Å²) in [6, 6.07) is 4.29. The molecule has 1 saturated carbocycles. The fraction of sp³-hybridized carbons (Fsp3) is 0.579. The third-order valence-corrected chi connectivity index (χ3v) is 5.16. The van der Waals surface area contributed by atoms with Crippen molar-refractivity contribution in [1.82, 2.24) is 9.80 Å². The number of aryl methyl sites for hydroxylation is 3. The topological polar surface area (TPSA) is 40.6 Å². The molecule has 0 bridgehead atoms. The maximum Gasteiger partial charge on any atom is 0.227 e. The molecule has 0 unspecified atom stereocenters. The standard InChI is InChI=1S/C19H26N2O2/c1-13-10-15(3)17(11-14(13)2)12-18(22)20-6-8-21(9-7-20)19(23)16-4-5-16/h10-11,16H,4-9,12H2,1-3H3. The fourth-order valence-electron chi connectivity index (χ4n) is 3.25. The largest absolute Gasteiger partial charge is 0.339 e. The molecule has 1 aliphatic carbocycles. The zero-order valence-electron chi connectivity index (χ0n) is 14.4. The predicted octanol–water partition coefficient (Wildman–Crippen LogP) is 2.24. The Labute approximate surface area is 138 Å². The molecule has 2 aliphatic rings. The number of rotatable bonds is 3. The molecule has 23 heavy (non-hydrogen) atoms. The number of hydrogen-bond donors (Lipinski definition) is 0. The van der Waals surface area contributed by atoms with Crippen LogP contribution in [0.25, 0.3) is 0 Å². The Morgan fingerprint density at radius 1 is 0.913 bits per heavy atom. The SMILES string of the molecule is Cc1cc(C)c(CC(=O)N2CCN(C(=O)C3CC3)CC2)cc1C. The molecule has 1 aromatic carbocycles. The number of piperazine rings is 1. The molecule has 2 amide bonds. The van der Waals surface area contributed by atoms with Gasteiger partial charge < -0.3 is 9.80 Å². The van der Waals surface area contributed by atoms with E-state index in [0.717, 1.165) is 18.4 Å². The van der Waals surface area contributed by atoms with Gasteiger partial charge in [0, 0.05) is 32.1 Å². The van der Waals surface area contributed by atoms with Crippen molar-refractivity contribution < 1.29 is 9.59 Å². The van der Waals surface area contributed by atoms with Crippen LogP contribution in [0.3, 0.4) is 0 Å². The summed E-state index contributed by atoms with van der Waals surface area (Å²) in [5.41, 5.74) is 4.81. The summed E-state index contributed by atoms with van der Waals surface area (Å²) in [5, 5.41) is 0. The minimum Gasteiger partial charge on any atom is -0.339 e. The number of carbonyl (C=O) groups excluding carboxylic acids is 2. The van der Waals surface area contributed by atoms with Crippen LogP contribution in [-0.4, -0.2) is 47.8 Å². The van der Waals surface area contributed by atoms with Gasteiger partial charge in [-0.2, -0.15) is 0 Å². The second-order valence-electron chi connectivity index (χ2n) is 7.02. The van der Waals surface area contributed by atoms with Crippen LogP contribution in [-0.2, 0) is 16.0 Å². The van der Waals surface area contributed by atoms with E-state index in [2.05, 4.69) is 32.9 Å². The lowest BCUT2D eigenvalue weighted by Crippen LogP contribution is -2.51. The van der Waals surface area contributed by atoms with Crippen molar-refractivity contribution in [3.8, 4) is 0 Å². The predicted molar refractivity (Wildman–Crippen MR) is 90.2 cm³/mol. The summed E-state index contributed by atoms with van der Waals surface area (Å²) in [5.74, 6) is 0.743. The zero-order valence-corrected chi connectivity index (χ0v) is 14.4. The molecule has 0 spiro atoms. The highest BCUT2D eigenvalue weighted by Gasteiger charge is 2.35. The van der Waals surface area contributed by atoms with Crippen LogP contribution in [0.4, 0.5) is 0 Å². The second kappa shape index (κ2) is 6.34. The third-order valence-electron chi connectivity index (χ3n) is 5.16. The van der Waals surface area contributed by atoms with Gasteiger partial charge in [-0.3, -0.25) is 9.59 Å². The van der Waals surface area contributed by atoms with E-state index in [-0.39, 0.29) is 11.8 Å². The summed E-state index contributed by atoms with van der Waals surface area (Å²) in [6.07, 6.45) is 2.55. The number of benzene rings is 1. The van der Waals surface area contributed by atoms with Crippen molar-refractivity contribution in [3.63, 3.8) is 0 Å². The molecule has 0 atom stereocenters. The molecule has 1 heterocycles. The minimum absolute atomic E-state index is 0.176. The summed E-state index contributed by atoms with van der Waals surface area (Å²) in [4.78, 5) is 28.5. The Balaban J connectivity index is 1.57. The average molecular weight is 314 g/mol. The molecular formula is C19H26N2O2. The molecule has 0 radical (unpaired) electrons. The normalized spacial score (nSPS) is 18.2. The average Bonchev–Trinajstić information content (AvgIpc) is 3.37. The van der Waals surface area contributed by atoms with E-state index < -0.39 is 0 Å². The van der Waals surface area contributed by atoms with E-state index in [1.165, 1.54) is 16.7 Å². The maximum absolute atomic E-state index is 12.6. The molecule has 3 rings (SSSR count). The van der Waals surface area contributed by atoms with E-state index in [1.807, 2.05) is 9.80 Å². The van der Waals surface area contributed by atoms with Crippen LogP contribution in [0.2, 0.25) is 0 Å². The van der Waals surface area contributed by atoms with Crippen LogP contribution in [0.5, 0.6) is 0 Å². The smallest absolute Gasteiger partial charge is 0.227 e. The van der Waals surface area contributed by atoms with E-state index in [0.29, 0.717) is 38.5 Å². The Bertz CT molecular complexity index is 627. The van der Waals surface area contributed by atoms with Crippen LogP contribution < -0.4 is 0 Å². The van der Waals surface area contributed by atoms with Crippen LogP contribution >= 0.6 is 0 Å². The monoisotopic (exact) mass is 314 g/mol. The van der Waals surface area contributed by atoms with E-state index in [4.69, 9.17) is 0 Å². The molecule has 1 aliphatic heterocycles. The quantitative estimate of drug-likeness (QED) is 0.858. The number of amides is 2. The van der Waals surface area contributed by atoms with E-state index >= 15 is 0 Å². The lowest BCUT2D eigenvalue weighted by atomic mass is 9.98. The van der Waals surface area contributed by atoms with Gasteiger partial charge in [0.15, 0.2) is 0 Å². The van der Waals surface area contributed by atoms with Gasteiger partial charge in [-0.1, -0.05) is 12.1 Å². The van der Waals surface area contributed by atoms with Crippen LogP contribution in [0, 0.1) is 26.7 Å². The number of hydrogen-bond acceptors (Lipinski definition) is 2. The fourth-order valence-corrected chi connectivity index (χ4v) is 3.25. The lowest BCUT2D eigenvalue weighted by molar-refractivity contribution is -0.140. The van der Waals surface area contributed by atoms with Crippen molar-refractivity contribution in [2.45, 2.75) is 40.0 Å². The molecular weight excluding hydrogens is 288 g/mol. The molecule has 4 nitrogen and oxygen atoms in total. The third kappa shape index (κ3) is 3.57. The van der Waals surface area contributed by atoms with Gasteiger partial charge in [0.1, 0.15) is 0 Å². The van der Waals surface area contributed by atoms with Gasteiger partial charge in [-0.05, 0) is 55.9 Å². The summed E-state index contributed by atoms with van der Waals surface area (Å²) < 4.78 is 0. The van der Waals surface area contributed by atoms with Crippen molar-refractivity contribution >= 4 is 11.8 Å². The van der Waals surface area contributed by atoms with Crippen molar-refractivity contribution in [2.24, 2.45) is 5.92 Å². The maximum atomic E-state index is 12.6. The Morgan fingerprint density at radius 3 is 2.09 bits per heavy atom. The Kier molecular flexibility index (Phi) is 4.42. The van der Waals surface area contributed by atoms with Gasteiger partial charge in [0.25, 0.3) is 0 Å². The first-order valence-corrected chi connectivity index (χ1v) is 8.59. The number of nitrogens with zero attached hydrogens (tertiary/aromatic N) is 2. The van der Waals surface area contributed by atoms with Crippen molar-refractivity contribution in [3.05, 3.63) is 34.4 Å². The summed E-state index contributed by atoms with van der Waals surface area (Å²) in [6.45, 7) is 8.97. The van der Waals surface area contributed by atoms with Gasteiger partial charge in [-0.25, -0.2) is 0 Å². The molecule has 0 aromatic heterocycles.